The van der Waals surface area contributed by atoms with Gasteiger partial charge in [-0.2, -0.15) is 8.78 Å². The van der Waals surface area contributed by atoms with E-state index in [-0.39, 0.29) is 17.2 Å². The van der Waals surface area contributed by atoms with Gasteiger partial charge in [0.1, 0.15) is 11.5 Å². The molecular formula is C22H18F2N2O4. The van der Waals surface area contributed by atoms with Gasteiger partial charge in [-0.3, -0.25) is 9.59 Å². The Balaban J connectivity index is 1.65. The fraction of sp³-hybridized carbons (Fsp3) is 0.0909. The Labute approximate surface area is 171 Å². The molecule has 0 atom stereocenters. The van der Waals surface area contributed by atoms with Gasteiger partial charge in [-0.05, 0) is 54.6 Å². The van der Waals surface area contributed by atoms with Gasteiger partial charge in [0.05, 0.1) is 12.8 Å². The van der Waals surface area contributed by atoms with E-state index in [1.54, 1.807) is 48.5 Å². The van der Waals surface area contributed by atoms with Crippen molar-refractivity contribution in [2.75, 3.05) is 17.7 Å². The molecule has 0 spiro atoms. The third-order valence-electron chi connectivity index (χ3n) is 4.08. The van der Waals surface area contributed by atoms with E-state index in [0.29, 0.717) is 22.7 Å². The van der Waals surface area contributed by atoms with Crippen LogP contribution >= 0.6 is 0 Å². The molecule has 0 aliphatic carbocycles. The number of anilines is 2. The Morgan fingerprint density at radius 3 is 2.23 bits per heavy atom. The van der Waals surface area contributed by atoms with Crippen molar-refractivity contribution in [3.8, 4) is 11.5 Å². The Kier molecular flexibility index (Phi) is 6.59. The summed E-state index contributed by atoms with van der Waals surface area (Å²) in [5.74, 6) is -0.413. The Bertz CT molecular complexity index is 1040. The van der Waals surface area contributed by atoms with E-state index in [0.717, 1.165) is 0 Å². The Morgan fingerprint density at radius 1 is 0.833 bits per heavy atom. The Morgan fingerprint density at radius 2 is 1.53 bits per heavy atom. The number of methoxy groups -OCH3 is 1. The summed E-state index contributed by atoms with van der Waals surface area (Å²) in [5, 5.41) is 5.40. The summed E-state index contributed by atoms with van der Waals surface area (Å²) in [5.41, 5.74) is 1.51. The zero-order valence-electron chi connectivity index (χ0n) is 15.9. The smallest absolute Gasteiger partial charge is 0.387 e. The van der Waals surface area contributed by atoms with E-state index in [1.165, 1.54) is 31.4 Å². The van der Waals surface area contributed by atoms with E-state index in [4.69, 9.17) is 4.74 Å². The van der Waals surface area contributed by atoms with Gasteiger partial charge >= 0.3 is 6.61 Å². The van der Waals surface area contributed by atoms with Crippen LogP contribution < -0.4 is 20.1 Å². The molecule has 0 aliphatic heterocycles. The first-order valence-corrected chi connectivity index (χ1v) is 8.87. The minimum atomic E-state index is -2.97. The monoisotopic (exact) mass is 412 g/mol. The maximum Gasteiger partial charge on any atom is 0.387 e. The van der Waals surface area contributed by atoms with Crippen LogP contribution in [-0.4, -0.2) is 25.5 Å². The fourth-order valence-corrected chi connectivity index (χ4v) is 2.66. The van der Waals surface area contributed by atoms with Crippen LogP contribution in [0.4, 0.5) is 20.2 Å². The number of alkyl halides is 2. The van der Waals surface area contributed by atoms with Crippen molar-refractivity contribution in [2.24, 2.45) is 0 Å². The number of hydrogen-bond acceptors (Lipinski definition) is 4. The summed E-state index contributed by atoms with van der Waals surface area (Å²) in [7, 11) is 1.51. The van der Waals surface area contributed by atoms with Crippen molar-refractivity contribution < 1.29 is 27.8 Å². The van der Waals surface area contributed by atoms with Gasteiger partial charge in [-0.25, -0.2) is 0 Å². The van der Waals surface area contributed by atoms with Crippen LogP contribution in [0.25, 0.3) is 0 Å². The number of para-hydroxylation sites is 2. The molecule has 0 saturated carbocycles. The number of rotatable bonds is 7. The highest BCUT2D eigenvalue weighted by atomic mass is 19.3. The summed E-state index contributed by atoms with van der Waals surface area (Å²) in [6.45, 7) is -2.97. The minimum Gasteiger partial charge on any atom is -0.495 e. The van der Waals surface area contributed by atoms with Gasteiger partial charge in [0, 0.05) is 16.8 Å². The Hall–Kier alpha value is -3.94. The van der Waals surface area contributed by atoms with Crippen LogP contribution in [0.15, 0.2) is 72.8 Å². The second-order valence-electron chi connectivity index (χ2n) is 6.09. The van der Waals surface area contributed by atoms with Gasteiger partial charge in [0.25, 0.3) is 11.8 Å². The first-order valence-electron chi connectivity index (χ1n) is 8.87. The van der Waals surface area contributed by atoms with E-state index in [1.807, 2.05) is 0 Å². The average Bonchev–Trinajstić information content (AvgIpc) is 2.74. The fourth-order valence-electron chi connectivity index (χ4n) is 2.66. The topological polar surface area (TPSA) is 76.7 Å². The predicted molar refractivity (Wildman–Crippen MR) is 108 cm³/mol. The molecule has 3 aromatic carbocycles. The molecule has 0 radical (unpaired) electrons. The number of amides is 2. The van der Waals surface area contributed by atoms with Crippen LogP contribution in [0.5, 0.6) is 11.5 Å². The van der Waals surface area contributed by atoms with Gasteiger partial charge < -0.3 is 20.1 Å². The average molecular weight is 412 g/mol. The SMILES string of the molecule is COc1ccccc1NC(=O)c1ccc(NC(=O)c2cccc(OC(F)F)c2)cc1. The number of hydrogen-bond donors (Lipinski definition) is 2. The second kappa shape index (κ2) is 9.51. The van der Waals surface area contributed by atoms with Crippen LogP contribution in [0.2, 0.25) is 0 Å². The lowest BCUT2D eigenvalue weighted by Gasteiger charge is -2.11. The molecule has 0 aromatic heterocycles. The van der Waals surface area contributed by atoms with Crippen LogP contribution in [-0.2, 0) is 0 Å². The molecule has 0 aliphatic rings. The normalized spacial score (nSPS) is 10.4. The van der Waals surface area contributed by atoms with Crippen molar-refractivity contribution in [3.63, 3.8) is 0 Å². The highest BCUT2D eigenvalue weighted by Gasteiger charge is 2.12. The molecular weight excluding hydrogens is 394 g/mol. The summed E-state index contributed by atoms with van der Waals surface area (Å²) in [6, 6.07) is 18.7. The van der Waals surface area contributed by atoms with Crippen LogP contribution in [0, 0.1) is 0 Å². The number of carbonyl (C=O) groups is 2. The molecule has 0 unspecified atom stereocenters. The number of halogens is 2. The highest BCUT2D eigenvalue weighted by molar-refractivity contribution is 6.06. The quantitative estimate of drug-likeness (QED) is 0.584. The lowest BCUT2D eigenvalue weighted by atomic mass is 10.1. The van der Waals surface area contributed by atoms with Crippen molar-refractivity contribution in [1.29, 1.82) is 0 Å². The van der Waals surface area contributed by atoms with Crippen molar-refractivity contribution in [1.82, 2.24) is 0 Å². The molecule has 154 valence electrons. The predicted octanol–water partition coefficient (Wildman–Crippen LogP) is 4.80. The van der Waals surface area contributed by atoms with Gasteiger partial charge in [-0.15, -0.1) is 0 Å². The van der Waals surface area contributed by atoms with Crippen molar-refractivity contribution in [2.45, 2.75) is 6.61 Å². The summed E-state index contributed by atoms with van der Waals surface area (Å²) >= 11 is 0. The zero-order chi connectivity index (χ0) is 21.5. The lowest BCUT2D eigenvalue weighted by Crippen LogP contribution is -2.14. The molecule has 6 nitrogen and oxygen atoms in total. The maximum absolute atomic E-state index is 12.4. The molecule has 30 heavy (non-hydrogen) atoms. The minimum absolute atomic E-state index is 0.110. The summed E-state index contributed by atoms with van der Waals surface area (Å²) in [4.78, 5) is 24.8. The van der Waals surface area contributed by atoms with E-state index in [9.17, 15) is 18.4 Å². The molecule has 3 rings (SSSR count). The van der Waals surface area contributed by atoms with E-state index >= 15 is 0 Å². The van der Waals surface area contributed by atoms with Crippen LogP contribution in [0.1, 0.15) is 20.7 Å². The molecule has 0 fully saturated rings. The van der Waals surface area contributed by atoms with Gasteiger partial charge in [-0.1, -0.05) is 18.2 Å². The van der Waals surface area contributed by atoms with Crippen molar-refractivity contribution >= 4 is 23.2 Å². The van der Waals surface area contributed by atoms with E-state index in [2.05, 4.69) is 15.4 Å². The number of benzene rings is 3. The number of nitrogens with one attached hydrogen (secondary N) is 2. The zero-order valence-corrected chi connectivity index (χ0v) is 15.9. The number of carbonyl (C=O) groups excluding carboxylic acids is 2. The molecule has 2 amide bonds. The largest absolute Gasteiger partial charge is 0.495 e. The van der Waals surface area contributed by atoms with Crippen LogP contribution in [0.3, 0.4) is 0 Å². The second-order valence-corrected chi connectivity index (χ2v) is 6.09. The summed E-state index contributed by atoms with van der Waals surface area (Å²) in [6.07, 6.45) is 0. The molecule has 0 bridgehead atoms. The maximum atomic E-state index is 12.4. The van der Waals surface area contributed by atoms with Gasteiger partial charge in [0.15, 0.2) is 0 Å². The molecule has 8 heteroatoms. The highest BCUT2D eigenvalue weighted by Crippen LogP contribution is 2.24. The summed E-state index contributed by atoms with van der Waals surface area (Å²) < 4.78 is 34.1. The first-order chi connectivity index (χ1) is 14.5. The lowest BCUT2D eigenvalue weighted by molar-refractivity contribution is -0.0498. The first kappa shape index (κ1) is 20.8. The number of ether oxygens (including phenoxy) is 2. The van der Waals surface area contributed by atoms with E-state index < -0.39 is 12.5 Å². The standard InChI is InChI=1S/C22H18F2N2O4/c1-29-19-8-3-2-7-18(19)26-20(27)14-9-11-16(12-10-14)25-21(28)15-5-4-6-17(13-15)30-22(23)24/h2-13,22H,1H3,(H,25,28)(H,26,27). The molecule has 2 N–H and O–H groups in total. The molecule has 0 saturated heterocycles. The third-order valence-corrected chi connectivity index (χ3v) is 4.08. The van der Waals surface area contributed by atoms with Gasteiger partial charge in [0.2, 0.25) is 0 Å². The van der Waals surface area contributed by atoms with Crippen molar-refractivity contribution in [3.05, 3.63) is 83.9 Å². The third kappa shape index (κ3) is 5.32. The molecule has 3 aromatic rings. The molecule has 0 heterocycles.